The van der Waals surface area contributed by atoms with E-state index >= 15 is 0 Å². The van der Waals surface area contributed by atoms with E-state index in [9.17, 15) is 5.26 Å². The number of hydrogen-bond donors (Lipinski definition) is 1. The summed E-state index contributed by atoms with van der Waals surface area (Å²) in [7, 11) is 1.59. The highest BCUT2D eigenvalue weighted by Gasteiger charge is 2.33. The summed E-state index contributed by atoms with van der Waals surface area (Å²) in [5.41, 5.74) is 8.27. The van der Waals surface area contributed by atoms with Crippen molar-refractivity contribution in [1.82, 2.24) is 0 Å². The number of allylic oxidation sites excluding steroid dienone is 1. The van der Waals surface area contributed by atoms with Crippen LogP contribution in [0.5, 0.6) is 17.2 Å². The minimum absolute atomic E-state index is 0.112. The fourth-order valence-corrected chi connectivity index (χ4v) is 4.26. The molecule has 6 heteroatoms. The van der Waals surface area contributed by atoms with E-state index in [1.54, 1.807) is 7.11 Å². The highest BCUT2D eigenvalue weighted by atomic mass is 79.9. The van der Waals surface area contributed by atoms with E-state index in [4.69, 9.17) is 19.9 Å². The molecular formula is C23H19BrN2O3. The maximum atomic E-state index is 9.85. The molecule has 1 unspecified atom stereocenters. The average molecular weight is 451 g/mol. The molecule has 0 bridgehead atoms. The summed E-state index contributed by atoms with van der Waals surface area (Å²) in [6, 6.07) is 17.9. The standard InChI is InChI=1S/C23H19BrN2O3/c1-3-28-20-11-18(24)16(10-19(20)27-2)21-15-9-8-13-6-4-5-7-14(13)22(15)29-23(26)17(21)12-25/h4-11,21H,3,26H2,1-2H3. The van der Waals surface area contributed by atoms with Crippen LogP contribution in [-0.2, 0) is 0 Å². The molecule has 3 aromatic carbocycles. The predicted octanol–water partition coefficient (Wildman–Crippen LogP) is 5.23. The first kappa shape index (κ1) is 19.2. The van der Waals surface area contributed by atoms with Crippen molar-refractivity contribution in [2.24, 2.45) is 5.73 Å². The molecule has 5 nitrogen and oxygen atoms in total. The van der Waals surface area contributed by atoms with Gasteiger partial charge >= 0.3 is 0 Å². The van der Waals surface area contributed by atoms with Crippen molar-refractivity contribution in [2.75, 3.05) is 13.7 Å². The number of fused-ring (bicyclic) bond motifs is 3. The van der Waals surface area contributed by atoms with Crippen LogP contribution in [0.25, 0.3) is 10.8 Å². The molecule has 1 heterocycles. The van der Waals surface area contributed by atoms with E-state index < -0.39 is 5.92 Å². The molecule has 1 aliphatic rings. The van der Waals surface area contributed by atoms with Crippen molar-refractivity contribution in [3.05, 3.63) is 75.6 Å². The molecule has 0 spiro atoms. The first-order valence-corrected chi connectivity index (χ1v) is 9.97. The molecule has 1 aliphatic heterocycles. The molecule has 29 heavy (non-hydrogen) atoms. The van der Waals surface area contributed by atoms with E-state index in [-0.39, 0.29) is 5.88 Å². The summed E-state index contributed by atoms with van der Waals surface area (Å²) >= 11 is 3.65. The molecule has 1 atom stereocenters. The van der Waals surface area contributed by atoms with Crippen LogP contribution in [0.4, 0.5) is 0 Å². The van der Waals surface area contributed by atoms with Crippen molar-refractivity contribution in [1.29, 1.82) is 5.26 Å². The first-order valence-electron chi connectivity index (χ1n) is 9.18. The SMILES string of the molecule is CCOc1cc(Br)c(C2C(C#N)=C(N)Oc3c2ccc2ccccc32)cc1OC. The second kappa shape index (κ2) is 7.69. The smallest absolute Gasteiger partial charge is 0.205 e. The van der Waals surface area contributed by atoms with Crippen molar-refractivity contribution >= 4 is 26.7 Å². The summed E-state index contributed by atoms with van der Waals surface area (Å²) < 4.78 is 17.9. The van der Waals surface area contributed by atoms with Crippen LogP contribution in [0.1, 0.15) is 24.0 Å². The van der Waals surface area contributed by atoms with Crippen LogP contribution >= 0.6 is 15.9 Å². The Morgan fingerprint density at radius 3 is 2.66 bits per heavy atom. The highest BCUT2D eigenvalue weighted by molar-refractivity contribution is 9.10. The van der Waals surface area contributed by atoms with Gasteiger partial charge in [0.15, 0.2) is 11.5 Å². The Morgan fingerprint density at radius 2 is 1.93 bits per heavy atom. The number of hydrogen-bond acceptors (Lipinski definition) is 5. The van der Waals surface area contributed by atoms with Crippen LogP contribution < -0.4 is 19.9 Å². The van der Waals surface area contributed by atoms with Gasteiger partial charge in [-0.05, 0) is 30.0 Å². The van der Waals surface area contributed by atoms with Crippen LogP contribution in [0.15, 0.2) is 64.5 Å². The number of halogens is 1. The molecule has 2 N–H and O–H groups in total. The van der Waals surface area contributed by atoms with Crippen LogP contribution in [0, 0.1) is 11.3 Å². The van der Waals surface area contributed by atoms with Gasteiger partial charge in [0, 0.05) is 15.4 Å². The van der Waals surface area contributed by atoms with Crippen molar-refractivity contribution in [3.63, 3.8) is 0 Å². The molecule has 0 fully saturated rings. The van der Waals surface area contributed by atoms with E-state index in [1.165, 1.54) is 0 Å². The summed E-state index contributed by atoms with van der Waals surface area (Å²) in [5, 5.41) is 11.8. The summed E-state index contributed by atoms with van der Waals surface area (Å²) in [6.07, 6.45) is 0. The van der Waals surface area contributed by atoms with Gasteiger partial charge in [-0.3, -0.25) is 0 Å². The zero-order valence-electron chi connectivity index (χ0n) is 16.0. The topological polar surface area (TPSA) is 77.5 Å². The highest BCUT2D eigenvalue weighted by Crippen LogP contribution is 2.48. The van der Waals surface area contributed by atoms with Gasteiger partial charge in [-0.1, -0.05) is 52.3 Å². The average Bonchev–Trinajstić information content (AvgIpc) is 2.73. The Bertz CT molecular complexity index is 1180. The number of rotatable bonds is 4. The van der Waals surface area contributed by atoms with Crippen LogP contribution in [0.2, 0.25) is 0 Å². The lowest BCUT2D eigenvalue weighted by molar-refractivity contribution is 0.310. The summed E-state index contributed by atoms with van der Waals surface area (Å²) in [6.45, 7) is 2.43. The summed E-state index contributed by atoms with van der Waals surface area (Å²) in [5.74, 6) is 1.61. The molecule has 0 aliphatic carbocycles. The minimum Gasteiger partial charge on any atom is -0.493 e. The lowest BCUT2D eigenvalue weighted by Crippen LogP contribution is -2.21. The number of nitriles is 1. The van der Waals surface area contributed by atoms with Crippen LogP contribution in [0.3, 0.4) is 0 Å². The Hall–Kier alpha value is -3.17. The minimum atomic E-state index is -0.396. The third-order valence-electron chi connectivity index (χ3n) is 5.00. The van der Waals surface area contributed by atoms with E-state index in [0.717, 1.165) is 26.4 Å². The molecule has 0 saturated carbocycles. The Balaban J connectivity index is 1.98. The molecule has 0 amide bonds. The zero-order valence-corrected chi connectivity index (χ0v) is 17.6. The van der Waals surface area contributed by atoms with Gasteiger partial charge in [0.2, 0.25) is 5.88 Å². The Kier molecular flexibility index (Phi) is 5.08. The largest absolute Gasteiger partial charge is 0.493 e. The van der Waals surface area contributed by atoms with Gasteiger partial charge in [-0.15, -0.1) is 0 Å². The molecule has 0 saturated heterocycles. The van der Waals surface area contributed by atoms with Crippen LogP contribution in [-0.4, -0.2) is 13.7 Å². The lowest BCUT2D eigenvalue weighted by atomic mass is 9.82. The zero-order chi connectivity index (χ0) is 20.5. The van der Waals surface area contributed by atoms with Crippen molar-refractivity contribution in [2.45, 2.75) is 12.8 Å². The van der Waals surface area contributed by atoms with Gasteiger partial charge in [-0.2, -0.15) is 5.26 Å². The van der Waals surface area contributed by atoms with Crippen molar-refractivity contribution < 1.29 is 14.2 Å². The second-order valence-electron chi connectivity index (χ2n) is 6.59. The monoisotopic (exact) mass is 450 g/mol. The molecule has 0 aromatic heterocycles. The third kappa shape index (κ3) is 3.18. The number of benzene rings is 3. The van der Waals surface area contributed by atoms with Gasteiger partial charge in [0.1, 0.15) is 17.4 Å². The number of methoxy groups -OCH3 is 1. The predicted molar refractivity (Wildman–Crippen MR) is 115 cm³/mol. The molecule has 3 aromatic rings. The maximum Gasteiger partial charge on any atom is 0.205 e. The molecule has 4 rings (SSSR count). The van der Waals surface area contributed by atoms with Crippen molar-refractivity contribution in [3.8, 4) is 23.3 Å². The number of nitrogens with zero attached hydrogens (tertiary/aromatic N) is 1. The summed E-state index contributed by atoms with van der Waals surface area (Å²) in [4.78, 5) is 0. The molecular weight excluding hydrogens is 432 g/mol. The van der Waals surface area contributed by atoms with Gasteiger partial charge in [0.25, 0.3) is 0 Å². The lowest BCUT2D eigenvalue weighted by Gasteiger charge is -2.28. The number of nitrogens with two attached hydrogens (primary N) is 1. The first-order chi connectivity index (χ1) is 14.1. The van der Waals surface area contributed by atoms with Gasteiger partial charge in [0.05, 0.1) is 19.6 Å². The fraction of sp³-hybridized carbons (Fsp3) is 0.174. The Morgan fingerprint density at radius 1 is 1.14 bits per heavy atom. The van der Waals surface area contributed by atoms with E-state index in [2.05, 4.69) is 22.0 Å². The van der Waals surface area contributed by atoms with Gasteiger partial charge < -0.3 is 19.9 Å². The fourth-order valence-electron chi connectivity index (χ4n) is 3.71. The number of ether oxygens (including phenoxy) is 3. The molecule has 146 valence electrons. The quantitative estimate of drug-likeness (QED) is 0.588. The van der Waals surface area contributed by atoms with E-state index in [1.807, 2.05) is 55.5 Å². The maximum absolute atomic E-state index is 9.85. The normalized spacial score (nSPS) is 15.4. The third-order valence-corrected chi connectivity index (χ3v) is 5.69. The Labute approximate surface area is 177 Å². The molecule has 0 radical (unpaired) electrons. The van der Waals surface area contributed by atoms with E-state index in [0.29, 0.717) is 29.4 Å². The second-order valence-corrected chi connectivity index (χ2v) is 7.44. The van der Waals surface area contributed by atoms with Gasteiger partial charge in [-0.25, -0.2) is 0 Å².